The van der Waals surface area contributed by atoms with E-state index in [0.29, 0.717) is 17.9 Å². The number of carbonyl (C=O) groups is 2. The minimum absolute atomic E-state index is 0.0742. The smallest absolute Gasteiger partial charge is 0.289 e. The van der Waals surface area contributed by atoms with Gasteiger partial charge in [-0.1, -0.05) is 36.4 Å². The predicted molar refractivity (Wildman–Crippen MR) is 160 cm³/mol. The number of anilines is 2. The Balaban J connectivity index is 1.04. The van der Waals surface area contributed by atoms with Gasteiger partial charge in [0.1, 0.15) is 11.4 Å². The molecule has 224 valence electrons. The molecule has 0 spiro atoms. The zero-order valence-corrected chi connectivity index (χ0v) is 23.4. The van der Waals surface area contributed by atoms with Crippen LogP contribution >= 0.6 is 0 Å². The summed E-state index contributed by atoms with van der Waals surface area (Å²) in [4.78, 5) is 58.2. The second-order valence-electron chi connectivity index (χ2n) is 10.5. The maximum atomic E-state index is 13.3. The highest BCUT2D eigenvalue weighted by molar-refractivity contribution is 5.95. The van der Waals surface area contributed by atoms with E-state index in [4.69, 9.17) is 5.73 Å². The van der Waals surface area contributed by atoms with Crippen LogP contribution in [0.25, 0.3) is 17.0 Å². The van der Waals surface area contributed by atoms with Crippen LogP contribution in [0.3, 0.4) is 0 Å². The van der Waals surface area contributed by atoms with Crippen molar-refractivity contribution in [2.24, 2.45) is 0 Å². The summed E-state index contributed by atoms with van der Waals surface area (Å²) in [6, 6.07) is 14.4. The predicted octanol–water partition coefficient (Wildman–Crippen LogP) is 0.442. The van der Waals surface area contributed by atoms with Crippen LogP contribution in [0.15, 0.2) is 64.3 Å². The van der Waals surface area contributed by atoms with Gasteiger partial charge in [-0.25, -0.2) is 4.98 Å². The van der Waals surface area contributed by atoms with Crippen LogP contribution < -0.4 is 32.5 Å². The Labute approximate surface area is 252 Å². The molecule has 0 bridgehead atoms. The molecule has 0 saturated carbocycles. The lowest BCUT2D eigenvalue weighted by atomic mass is 10.0. The van der Waals surface area contributed by atoms with E-state index in [9.17, 15) is 19.2 Å². The zero-order valence-electron chi connectivity index (χ0n) is 23.4. The molecule has 0 unspecified atom stereocenters. The first kappa shape index (κ1) is 27.5. The topological polar surface area (TPSA) is 228 Å². The molecule has 7 rings (SSSR count). The molecule has 6 aromatic rings. The summed E-state index contributed by atoms with van der Waals surface area (Å²) in [6.45, 7) is 0.411. The fourth-order valence-corrected chi connectivity index (χ4v) is 5.37. The van der Waals surface area contributed by atoms with Crippen LogP contribution in [0, 0.1) is 0 Å². The van der Waals surface area contributed by atoms with Gasteiger partial charge in [-0.05, 0) is 46.4 Å². The highest BCUT2D eigenvalue weighted by Crippen LogP contribution is 2.33. The Kier molecular flexibility index (Phi) is 6.77. The van der Waals surface area contributed by atoms with Crippen molar-refractivity contribution in [2.75, 3.05) is 11.1 Å². The van der Waals surface area contributed by atoms with Crippen molar-refractivity contribution in [3.8, 4) is 11.4 Å². The van der Waals surface area contributed by atoms with Crippen LogP contribution in [0.2, 0.25) is 0 Å². The lowest BCUT2D eigenvalue weighted by Gasteiger charge is -2.14. The number of nitrogens with one attached hydrogen (secondary N) is 4. The van der Waals surface area contributed by atoms with Crippen LogP contribution in [0.1, 0.15) is 56.0 Å². The van der Waals surface area contributed by atoms with Crippen molar-refractivity contribution in [3.05, 3.63) is 109 Å². The molecule has 1 aliphatic carbocycles. The van der Waals surface area contributed by atoms with Gasteiger partial charge in [0.2, 0.25) is 17.5 Å². The van der Waals surface area contributed by atoms with Crippen molar-refractivity contribution < 1.29 is 9.59 Å². The van der Waals surface area contributed by atoms with Crippen LogP contribution in [0.4, 0.5) is 11.4 Å². The van der Waals surface area contributed by atoms with Crippen molar-refractivity contribution in [2.45, 2.75) is 32.0 Å². The molecule has 0 saturated heterocycles. The van der Waals surface area contributed by atoms with Crippen molar-refractivity contribution >= 4 is 28.8 Å². The summed E-state index contributed by atoms with van der Waals surface area (Å²) < 4.78 is 1.27. The molecular formula is C29H24N12O4. The second kappa shape index (κ2) is 11.1. The summed E-state index contributed by atoms with van der Waals surface area (Å²) in [5.74, 6) is -0.834. The SMILES string of the molecule is Nc1c(NCc2cccc(CNC(=O)c3nc(C(=O)N[C@H]4CCc5cc(-c6nn[nH]n6)ccc54)nc4ccnn34)c2)c(=O)c1=O. The third-order valence-corrected chi connectivity index (χ3v) is 7.65. The molecule has 3 aromatic heterocycles. The van der Waals surface area contributed by atoms with Gasteiger partial charge in [0.05, 0.1) is 12.2 Å². The van der Waals surface area contributed by atoms with E-state index < -0.39 is 22.7 Å². The quantitative estimate of drug-likeness (QED) is 0.142. The van der Waals surface area contributed by atoms with Crippen molar-refractivity contribution in [3.63, 3.8) is 0 Å². The maximum Gasteiger partial charge on any atom is 0.289 e. The van der Waals surface area contributed by atoms with E-state index in [2.05, 4.69) is 51.6 Å². The van der Waals surface area contributed by atoms with Gasteiger partial charge in [0.25, 0.3) is 22.7 Å². The third kappa shape index (κ3) is 5.13. The van der Waals surface area contributed by atoms with E-state index >= 15 is 0 Å². The number of fused-ring (bicyclic) bond motifs is 2. The first-order chi connectivity index (χ1) is 21.9. The molecule has 16 heteroatoms. The average Bonchev–Trinajstić information content (AvgIpc) is 3.85. The Bertz CT molecular complexity index is 2160. The van der Waals surface area contributed by atoms with Gasteiger partial charge in [-0.2, -0.15) is 19.8 Å². The number of tetrazole rings is 1. The van der Waals surface area contributed by atoms with Gasteiger partial charge in [-0.15, -0.1) is 10.2 Å². The van der Waals surface area contributed by atoms with E-state index in [0.717, 1.165) is 34.2 Å². The second-order valence-corrected chi connectivity index (χ2v) is 10.5. The van der Waals surface area contributed by atoms with Crippen LogP contribution in [-0.2, 0) is 19.5 Å². The number of amides is 2. The molecule has 1 aliphatic rings. The van der Waals surface area contributed by atoms with Gasteiger partial charge in [0.15, 0.2) is 5.65 Å². The van der Waals surface area contributed by atoms with Crippen molar-refractivity contribution in [1.29, 1.82) is 0 Å². The number of nitrogen functional groups attached to an aromatic ring is 1. The lowest BCUT2D eigenvalue weighted by Crippen LogP contribution is -2.36. The van der Waals surface area contributed by atoms with Crippen LogP contribution in [0.5, 0.6) is 0 Å². The first-order valence-electron chi connectivity index (χ1n) is 13.9. The fourth-order valence-electron chi connectivity index (χ4n) is 5.37. The maximum absolute atomic E-state index is 13.3. The summed E-state index contributed by atoms with van der Waals surface area (Å²) in [5.41, 5.74) is 9.04. The number of carbonyl (C=O) groups excluding carboxylic acids is 2. The number of nitrogens with zero attached hydrogens (tertiary/aromatic N) is 7. The van der Waals surface area contributed by atoms with Crippen molar-refractivity contribution in [1.82, 2.24) is 50.8 Å². The fraction of sp³-hybridized carbons (Fsp3) is 0.172. The Hall–Kier alpha value is -6.32. The summed E-state index contributed by atoms with van der Waals surface area (Å²) in [7, 11) is 0. The highest BCUT2D eigenvalue weighted by atomic mass is 16.2. The molecule has 0 radical (unpaired) electrons. The number of aromatic nitrogens is 8. The average molecular weight is 605 g/mol. The van der Waals surface area contributed by atoms with Crippen LogP contribution in [-0.4, -0.2) is 52.0 Å². The number of hydrogen-bond donors (Lipinski definition) is 5. The molecule has 1 atom stereocenters. The number of hydrogen-bond acceptors (Lipinski definition) is 12. The van der Waals surface area contributed by atoms with Gasteiger partial charge >= 0.3 is 0 Å². The van der Waals surface area contributed by atoms with Gasteiger partial charge < -0.3 is 21.7 Å². The van der Waals surface area contributed by atoms with Gasteiger partial charge in [-0.3, -0.25) is 19.2 Å². The van der Waals surface area contributed by atoms with E-state index in [1.165, 1.54) is 10.7 Å². The Morgan fingerprint density at radius 2 is 1.84 bits per heavy atom. The number of aromatic amines is 1. The summed E-state index contributed by atoms with van der Waals surface area (Å²) in [5, 5.41) is 26.9. The molecule has 0 fully saturated rings. The zero-order chi connectivity index (χ0) is 31.1. The normalized spacial score (nSPS) is 14.0. The third-order valence-electron chi connectivity index (χ3n) is 7.65. The Morgan fingerprint density at radius 1 is 1.00 bits per heavy atom. The lowest BCUT2D eigenvalue weighted by molar-refractivity contribution is 0.0922. The molecule has 45 heavy (non-hydrogen) atoms. The van der Waals surface area contributed by atoms with E-state index in [1.807, 2.05) is 36.4 Å². The largest absolute Gasteiger partial charge is 0.394 e. The highest BCUT2D eigenvalue weighted by Gasteiger charge is 2.27. The summed E-state index contributed by atoms with van der Waals surface area (Å²) in [6.07, 6.45) is 2.91. The molecule has 6 N–H and O–H groups in total. The molecule has 3 aromatic carbocycles. The number of benzene rings is 2. The Morgan fingerprint density at radius 3 is 2.64 bits per heavy atom. The number of rotatable bonds is 9. The molecule has 2 amide bonds. The number of aryl methyl sites for hydroxylation is 1. The monoisotopic (exact) mass is 604 g/mol. The first-order valence-corrected chi connectivity index (χ1v) is 13.9. The molecular weight excluding hydrogens is 580 g/mol. The number of nitrogens with two attached hydrogens (primary N) is 1. The molecule has 3 heterocycles. The minimum atomic E-state index is -0.689. The van der Waals surface area contributed by atoms with E-state index in [-0.39, 0.29) is 42.2 Å². The molecule has 0 aliphatic heterocycles. The number of H-pyrrole nitrogens is 1. The standard InChI is InChI=1S/C29H24N12O4/c30-21-22(24(43)23(21)42)31-12-14-2-1-3-15(10-14)13-32-29(45)27-36-26(35-20-8-9-33-41(20)27)28(44)34-19-7-5-16-11-17(4-6-18(16)19)25-37-39-40-38-25/h1-4,6,8-11,19,31H,5,7,12-13,30H2,(H,32,45)(H,34,44)(H,37,38,39,40)/t19-/m0/s1. The molecule has 16 nitrogen and oxygen atoms in total. The van der Waals surface area contributed by atoms with E-state index in [1.54, 1.807) is 12.1 Å². The minimum Gasteiger partial charge on any atom is -0.394 e. The van der Waals surface area contributed by atoms with Gasteiger partial charge in [0, 0.05) is 24.7 Å². The summed E-state index contributed by atoms with van der Waals surface area (Å²) >= 11 is 0.